The lowest BCUT2D eigenvalue weighted by Gasteiger charge is -2.27. The molecule has 1 aromatic rings. The Balaban J connectivity index is 1.45. The molecule has 0 aliphatic carbocycles. The molecule has 5 nitrogen and oxygen atoms in total. The van der Waals surface area contributed by atoms with E-state index in [2.05, 4.69) is 5.32 Å². The zero-order valence-electron chi connectivity index (χ0n) is 12.0. The first kappa shape index (κ1) is 14.5. The van der Waals surface area contributed by atoms with Crippen LogP contribution in [0.4, 0.5) is 0 Å². The molecule has 3 rings (SSSR count). The Morgan fingerprint density at radius 3 is 2.76 bits per heavy atom. The van der Waals surface area contributed by atoms with Gasteiger partial charge in [0.15, 0.2) is 6.29 Å². The van der Waals surface area contributed by atoms with Crippen LogP contribution in [0, 0.1) is 5.92 Å². The lowest BCUT2D eigenvalue weighted by atomic mass is 10.0. The molecular formula is C16H21NO4. The van der Waals surface area contributed by atoms with Crippen LogP contribution in [-0.2, 0) is 25.6 Å². The Bertz CT molecular complexity index is 459. The van der Waals surface area contributed by atoms with Gasteiger partial charge in [0, 0.05) is 12.5 Å². The van der Waals surface area contributed by atoms with Crippen LogP contribution >= 0.6 is 0 Å². The first-order chi connectivity index (χ1) is 10.3. The van der Waals surface area contributed by atoms with E-state index in [1.807, 2.05) is 30.3 Å². The van der Waals surface area contributed by atoms with Crippen LogP contribution in [0.1, 0.15) is 18.4 Å². The molecule has 1 unspecified atom stereocenters. The van der Waals surface area contributed by atoms with E-state index < -0.39 is 0 Å². The number of hydrogen-bond donors (Lipinski definition) is 1. The smallest absolute Gasteiger partial charge is 0.323 e. The van der Waals surface area contributed by atoms with E-state index in [1.165, 1.54) is 0 Å². The van der Waals surface area contributed by atoms with Crippen LogP contribution < -0.4 is 5.32 Å². The normalized spacial score (nSPS) is 26.7. The summed E-state index contributed by atoms with van der Waals surface area (Å²) in [6.45, 7) is 2.53. The zero-order valence-corrected chi connectivity index (χ0v) is 12.0. The van der Waals surface area contributed by atoms with Gasteiger partial charge < -0.3 is 19.5 Å². The second-order valence-corrected chi connectivity index (χ2v) is 5.51. The molecule has 1 N–H and O–H groups in total. The molecule has 2 heterocycles. The number of carbonyl (C=O) groups is 1. The van der Waals surface area contributed by atoms with Crippen LogP contribution in [0.5, 0.6) is 0 Å². The molecule has 0 radical (unpaired) electrons. The average Bonchev–Trinajstić information content (AvgIpc) is 3.04. The predicted molar refractivity (Wildman–Crippen MR) is 76.4 cm³/mol. The first-order valence-electron chi connectivity index (χ1n) is 7.50. The maximum Gasteiger partial charge on any atom is 0.323 e. The Hall–Kier alpha value is -1.43. The van der Waals surface area contributed by atoms with Gasteiger partial charge in [-0.2, -0.15) is 0 Å². The third kappa shape index (κ3) is 3.81. The van der Waals surface area contributed by atoms with Crippen LogP contribution in [-0.4, -0.2) is 38.1 Å². The summed E-state index contributed by atoms with van der Waals surface area (Å²) in [5.74, 6) is 0.0248. The van der Waals surface area contributed by atoms with Crippen molar-refractivity contribution in [2.45, 2.75) is 31.8 Å². The highest BCUT2D eigenvalue weighted by molar-refractivity contribution is 5.76. The van der Waals surface area contributed by atoms with Crippen LogP contribution in [0.15, 0.2) is 30.3 Å². The largest absolute Gasteiger partial charge is 0.460 e. The van der Waals surface area contributed by atoms with E-state index in [9.17, 15) is 4.79 Å². The SMILES string of the molecule is O=C(OCc1ccccc1)[C@@H]1CC(C2OCCCO2)CN1. The molecule has 0 spiro atoms. The summed E-state index contributed by atoms with van der Waals surface area (Å²) in [7, 11) is 0. The van der Waals surface area contributed by atoms with Crippen LogP contribution in [0.3, 0.4) is 0 Å². The first-order valence-corrected chi connectivity index (χ1v) is 7.50. The second kappa shape index (κ2) is 7.02. The average molecular weight is 291 g/mol. The minimum absolute atomic E-state index is 0.182. The van der Waals surface area contributed by atoms with E-state index in [0.29, 0.717) is 13.0 Å². The highest BCUT2D eigenvalue weighted by Gasteiger charge is 2.36. The van der Waals surface area contributed by atoms with Crippen molar-refractivity contribution in [3.8, 4) is 0 Å². The summed E-state index contributed by atoms with van der Waals surface area (Å²) in [6.07, 6.45) is 1.47. The molecule has 0 amide bonds. The summed E-state index contributed by atoms with van der Waals surface area (Å²) >= 11 is 0. The van der Waals surface area contributed by atoms with E-state index in [0.717, 1.165) is 31.7 Å². The van der Waals surface area contributed by atoms with Crippen molar-refractivity contribution in [3.05, 3.63) is 35.9 Å². The second-order valence-electron chi connectivity index (χ2n) is 5.51. The van der Waals surface area contributed by atoms with Gasteiger partial charge in [-0.15, -0.1) is 0 Å². The quantitative estimate of drug-likeness (QED) is 0.851. The molecule has 5 heteroatoms. The van der Waals surface area contributed by atoms with Crippen molar-refractivity contribution >= 4 is 5.97 Å². The molecule has 114 valence electrons. The minimum atomic E-state index is -0.257. The van der Waals surface area contributed by atoms with E-state index in [-0.39, 0.29) is 24.2 Å². The minimum Gasteiger partial charge on any atom is -0.460 e. The van der Waals surface area contributed by atoms with Gasteiger partial charge in [-0.25, -0.2) is 0 Å². The Morgan fingerprint density at radius 1 is 1.24 bits per heavy atom. The summed E-state index contributed by atoms with van der Waals surface area (Å²) in [6, 6.07) is 9.45. The van der Waals surface area contributed by atoms with E-state index in [1.54, 1.807) is 0 Å². The Labute approximate surface area is 124 Å². The summed E-state index contributed by atoms with van der Waals surface area (Å²) in [5, 5.41) is 3.21. The lowest BCUT2D eigenvalue weighted by Crippen LogP contribution is -2.33. The van der Waals surface area contributed by atoms with Gasteiger partial charge in [-0.1, -0.05) is 30.3 Å². The number of benzene rings is 1. The number of carbonyl (C=O) groups excluding carboxylic acids is 1. The fourth-order valence-electron chi connectivity index (χ4n) is 2.76. The number of nitrogens with one attached hydrogen (secondary N) is 1. The molecule has 0 aromatic heterocycles. The summed E-state index contributed by atoms with van der Waals surface area (Å²) < 4.78 is 16.6. The van der Waals surface area contributed by atoms with Crippen molar-refractivity contribution in [3.63, 3.8) is 0 Å². The van der Waals surface area contributed by atoms with Gasteiger partial charge in [-0.05, 0) is 18.4 Å². The fraction of sp³-hybridized carbons (Fsp3) is 0.562. The summed E-state index contributed by atoms with van der Waals surface area (Å²) in [5.41, 5.74) is 0.999. The topological polar surface area (TPSA) is 56.8 Å². The van der Waals surface area contributed by atoms with Crippen molar-refractivity contribution in [2.24, 2.45) is 5.92 Å². The zero-order chi connectivity index (χ0) is 14.5. The molecule has 2 aliphatic rings. The van der Waals surface area contributed by atoms with Crippen LogP contribution in [0.25, 0.3) is 0 Å². The highest BCUT2D eigenvalue weighted by atomic mass is 16.7. The Kier molecular flexibility index (Phi) is 4.85. The molecule has 1 aromatic carbocycles. The third-order valence-corrected chi connectivity index (χ3v) is 3.91. The molecule has 2 atom stereocenters. The molecule has 2 fully saturated rings. The van der Waals surface area contributed by atoms with Crippen molar-refractivity contribution in [2.75, 3.05) is 19.8 Å². The standard InChI is InChI=1S/C16H21NO4/c18-15(21-11-12-5-2-1-3-6-12)14-9-13(10-17-14)16-19-7-4-8-20-16/h1-3,5-6,13-14,16-17H,4,7-11H2/t13?,14-/m0/s1. The third-order valence-electron chi connectivity index (χ3n) is 3.91. The monoisotopic (exact) mass is 291 g/mol. The van der Waals surface area contributed by atoms with Gasteiger partial charge in [0.25, 0.3) is 0 Å². The van der Waals surface area contributed by atoms with Gasteiger partial charge in [0.05, 0.1) is 13.2 Å². The predicted octanol–water partition coefficient (Wildman–Crippen LogP) is 1.47. The van der Waals surface area contributed by atoms with Gasteiger partial charge in [0.2, 0.25) is 0 Å². The van der Waals surface area contributed by atoms with Crippen molar-refractivity contribution in [1.29, 1.82) is 0 Å². The van der Waals surface area contributed by atoms with Crippen molar-refractivity contribution < 1.29 is 19.0 Å². The number of hydrogen-bond acceptors (Lipinski definition) is 5. The molecule has 0 bridgehead atoms. The van der Waals surface area contributed by atoms with E-state index >= 15 is 0 Å². The maximum absolute atomic E-state index is 12.1. The highest BCUT2D eigenvalue weighted by Crippen LogP contribution is 2.24. The molecule has 0 saturated carbocycles. The maximum atomic E-state index is 12.1. The molecule has 2 saturated heterocycles. The van der Waals surface area contributed by atoms with Crippen LogP contribution in [0.2, 0.25) is 0 Å². The van der Waals surface area contributed by atoms with Gasteiger partial charge >= 0.3 is 5.97 Å². The number of ether oxygens (including phenoxy) is 3. The fourth-order valence-corrected chi connectivity index (χ4v) is 2.76. The van der Waals surface area contributed by atoms with Crippen molar-refractivity contribution in [1.82, 2.24) is 5.32 Å². The Morgan fingerprint density at radius 2 is 2.00 bits per heavy atom. The number of esters is 1. The lowest BCUT2D eigenvalue weighted by molar-refractivity contribution is -0.201. The number of rotatable bonds is 4. The molecule has 21 heavy (non-hydrogen) atoms. The molecular weight excluding hydrogens is 270 g/mol. The van der Waals surface area contributed by atoms with Gasteiger partial charge in [-0.3, -0.25) is 4.79 Å². The van der Waals surface area contributed by atoms with Gasteiger partial charge in [0.1, 0.15) is 12.6 Å². The van der Waals surface area contributed by atoms with E-state index in [4.69, 9.17) is 14.2 Å². The summed E-state index contributed by atoms with van der Waals surface area (Å²) in [4.78, 5) is 12.1. The molecule has 2 aliphatic heterocycles.